The van der Waals surface area contributed by atoms with E-state index in [1.807, 2.05) is 0 Å². The second-order valence-corrected chi connectivity index (χ2v) is 4.82. The van der Waals surface area contributed by atoms with Crippen LogP contribution in [-0.4, -0.2) is 43.8 Å². The van der Waals surface area contributed by atoms with E-state index in [0.717, 1.165) is 0 Å². The molecule has 21 heavy (non-hydrogen) atoms. The van der Waals surface area contributed by atoms with Crippen LogP contribution >= 0.6 is 0 Å². The monoisotopic (exact) mass is 289 g/mol. The van der Waals surface area contributed by atoms with Gasteiger partial charge in [0.15, 0.2) is 5.78 Å². The second-order valence-electron chi connectivity index (χ2n) is 4.82. The standard InChI is InChI=1S/C16H19NO4/c1-10(14(11(2)18)15(19)17(3)4)12-6-8-13(9-7-12)16(20)21-5/h6-9H,1-5H3/b14-10-. The van der Waals surface area contributed by atoms with Gasteiger partial charge in [0.05, 0.1) is 18.2 Å². The average Bonchev–Trinajstić information content (AvgIpc) is 2.46. The van der Waals surface area contributed by atoms with Gasteiger partial charge in [-0.05, 0) is 37.1 Å². The topological polar surface area (TPSA) is 63.7 Å². The van der Waals surface area contributed by atoms with Gasteiger partial charge in [0.25, 0.3) is 5.91 Å². The highest BCUT2D eigenvalue weighted by Gasteiger charge is 2.20. The quantitative estimate of drug-likeness (QED) is 0.368. The predicted octanol–water partition coefficient (Wildman–Crippen LogP) is 1.92. The number of ketones is 1. The van der Waals surface area contributed by atoms with Crippen LogP contribution < -0.4 is 0 Å². The first kappa shape index (κ1) is 16.6. The minimum Gasteiger partial charge on any atom is -0.465 e. The number of benzene rings is 1. The molecule has 0 radical (unpaired) electrons. The molecule has 0 aliphatic rings. The highest BCUT2D eigenvalue weighted by atomic mass is 16.5. The Morgan fingerprint density at radius 3 is 1.81 bits per heavy atom. The number of methoxy groups -OCH3 is 1. The smallest absolute Gasteiger partial charge is 0.337 e. The van der Waals surface area contributed by atoms with E-state index in [9.17, 15) is 14.4 Å². The van der Waals surface area contributed by atoms with Gasteiger partial charge in [0.1, 0.15) is 0 Å². The minimum absolute atomic E-state index is 0.144. The van der Waals surface area contributed by atoms with Gasteiger partial charge in [0.2, 0.25) is 0 Å². The average molecular weight is 289 g/mol. The second kappa shape index (κ2) is 6.83. The van der Waals surface area contributed by atoms with Crippen molar-refractivity contribution in [2.24, 2.45) is 0 Å². The van der Waals surface area contributed by atoms with Crippen LogP contribution in [0.2, 0.25) is 0 Å². The molecule has 0 saturated carbocycles. The molecular weight excluding hydrogens is 270 g/mol. The van der Waals surface area contributed by atoms with Crippen molar-refractivity contribution < 1.29 is 19.1 Å². The van der Waals surface area contributed by atoms with Crippen LogP contribution in [0.15, 0.2) is 29.8 Å². The van der Waals surface area contributed by atoms with Crippen molar-refractivity contribution in [1.29, 1.82) is 0 Å². The Balaban J connectivity index is 3.28. The van der Waals surface area contributed by atoms with Crippen LogP contribution in [0.3, 0.4) is 0 Å². The van der Waals surface area contributed by atoms with E-state index in [1.54, 1.807) is 45.3 Å². The van der Waals surface area contributed by atoms with E-state index in [2.05, 4.69) is 4.74 Å². The van der Waals surface area contributed by atoms with Gasteiger partial charge in [-0.15, -0.1) is 0 Å². The maximum atomic E-state index is 12.1. The third-order valence-electron chi connectivity index (χ3n) is 3.09. The number of likely N-dealkylation sites (N-methyl/N-ethyl adjacent to an activating group) is 1. The molecule has 0 N–H and O–H groups in total. The molecule has 0 aliphatic heterocycles. The number of hydrogen-bond acceptors (Lipinski definition) is 4. The van der Waals surface area contributed by atoms with E-state index in [1.165, 1.54) is 18.9 Å². The van der Waals surface area contributed by atoms with Gasteiger partial charge in [-0.1, -0.05) is 12.1 Å². The molecule has 0 atom stereocenters. The largest absolute Gasteiger partial charge is 0.465 e. The number of Topliss-reactive ketones (excluding diaryl/α,β-unsaturated/α-hetero) is 1. The van der Waals surface area contributed by atoms with Crippen LogP contribution in [0.5, 0.6) is 0 Å². The Labute approximate surface area is 124 Å². The zero-order chi connectivity index (χ0) is 16.2. The molecule has 0 unspecified atom stereocenters. The summed E-state index contributed by atoms with van der Waals surface area (Å²) in [5.74, 6) is -1.06. The zero-order valence-electron chi connectivity index (χ0n) is 12.9. The van der Waals surface area contributed by atoms with Crippen LogP contribution in [0, 0.1) is 0 Å². The Hall–Kier alpha value is -2.43. The molecule has 1 amide bonds. The van der Waals surface area contributed by atoms with Gasteiger partial charge in [-0.25, -0.2) is 4.79 Å². The molecule has 1 aromatic carbocycles. The summed E-state index contributed by atoms with van der Waals surface area (Å²) in [6.07, 6.45) is 0. The maximum Gasteiger partial charge on any atom is 0.337 e. The van der Waals surface area contributed by atoms with Crippen LogP contribution in [0.25, 0.3) is 5.57 Å². The molecule has 5 heteroatoms. The molecule has 0 aliphatic carbocycles. The number of amides is 1. The summed E-state index contributed by atoms with van der Waals surface area (Å²) in [6.45, 7) is 3.08. The number of hydrogen-bond donors (Lipinski definition) is 0. The summed E-state index contributed by atoms with van der Waals surface area (Å²) in [5, 5.41) is 0. The first-order valence-electron chi connectivity index (χ1n) is 6.41. The molecule has 5 nitrogen and oxygen atoms in total. The summed E-state index contributed by atoms with van der Waals surface area (Å²) in [5.41, 5.74) is 1.85. The van der Waals surface area contributed by atoms with Crippen molar-refractivity contribution in [1.82, 2.24) is 4.90 Å². The summed E-state index contributed by atoms with van der Waals surface area (Å²) >= 11 is 0. The predicted molar refractivity (Wildman–Crippen MR) is 79.8 cm³/mol. The molecule has 1 rings (SSSR count). The van der Waals surface area contributed by atoms with Gasteiger partial charge < -0.3 is 9.64 Å². The van der Waals surface area contributed by atoms with Crippen molar-refractivity contribution in [2.45, 2.75) is 13.8 Å². The number of carbonyl (C=O) groups is 3. The number of nitrogens with zero attached hydrogens (tertiary/aromatic N) is 1. The Morgan fingerprint density at radius 1 is 0.952 bits per heavy atom. The Morgan fingerprint density at radius 2 is 1.43 bits per heavy atom. The fraction of sp³-hybridized carbons (Fsp3) is 0.312. The lowest BCUT2D eigenvalue weighted by Gasteiger charge is -2.14. The first-order valence-corrected chi connectivity index (χ1v) is 6.41. The summed E-state index contributed by atoms with van der Waals surface area (Å²) in [7, 11) is 4.50. The molecule has 1 aromatic rings. The lowest BCUT2D eigenvalue weighted by Crippen LogP contribution is -2.27. The third-order valence-corrected chi connectivity index (χ3v) is 3.09. The van der Waals surface area contributed by atoms with E-state index < -0.39 is 5.97 Å². The molecule has 0 heterocycles. The van der Waals surface area contributed by atoms with Crippen molar-refractivity contribution in [2.75, 3.05) is 21.2 Å². The summed E-state index contributed by atoms with van der Waals surface area (Å²) in [6, 6.07) is 6.58. The number of esters is 1. The summed E-state index contributed by atoms with van der Waals surface area (Å²) < 4.78 is 4.63. The zero-order valence-corrected chi connectivity index (χ0v) is 12.9. The first-order chi connectivity index (χ1) is 9.79. The van der Waals surface area contributed by atoms with Crippen molar-refractivity contribution in [3.05, 3.63) is 41.0 Å². The number of ether oxygens (including phenoxy) is 1. The molecule has 0 saturated heterocycles. The van der Waals surface area contributed by atoms with Gasteiger partial charge >= 0.3 is 5.97 Å². The van der Waals surface area contributed by atoms with Gasteiger partial charge in [0, 0.05) is 14.1 Å². The third kappa shape index (κ3) is 3.78. The molecule has 0 bridgehead atoms. The molecule has 0 fully saturated rings. The lowest BCUT2D eigenvalue weighted by atomic mass is 9.97. The van der Waals surface area contributed by atoms with E-state index in [-0.39, 0.29) is 17.3 Å². The number of rotatable bonds is 4. The van der Waals surface area contributed by atoms with Gasteiger partial charge in [-0.3, -0.25) is 9.59 Å². The van der Waals surface area contributed by atoms with E-state index in [4.69, 9.17) is 0 Å². The maximum absolute atomic E-state index is 12.1. The molecule has 0 aromatic heterocycles. The van der Waals surface area contributed by atoms with Crippen LogP contribution in [-0.2, 0) is 14.3 Å². The minimum atomic E-state index is -0.431. The molecule has 0 spiro atoms. The fourth-order valence-electron chi connectivity index (χ4n) is 1.92. The van der Waals surface area contributed by atoms with Crippen molar-refractivity contribution in [3.8, 4) is 0 Å². The Kier molecular flexibility index (Phi) is 5.41. The van der Waals surface area contributed by atoms with Crippen LogP contribution in [0.1, 0.15) is 29.8 Å². The molecule has 112 valence electrons. The molecular formula is C16H19NO4. The van der Waals surface area contributed by atoms with E-state index in [0.29, 0.717) is 16.7 Å². The van der Waals surface area contributed by atoms with Crippen LogP contribution in [0.4, 0.5) is 0 Å². The lowest BCUT2D eigenvalue weighted by molar-refractivity contribution is -0.127. The SMILES string of the molecule is COC(=O)c1ccc(/C(C)=C(/C(C)=O)C(=O)N(C)C)cc1. The number of carbonyl (C=O) groups excluding carboxylic acids is 3. The Bertz CT molecular complexity index is 597. The van der Waals surface area contributed by atoms with Gasteiger partial charge in [-0.2, -0.15) is 0 Å². The highest BCUT2D eigenvalue weighted by molar-refractivity contribution is 6.23. The van der Waals surface area contributed by atoms with Crippen molar-refractivity contribution in [3.63, 3.8) is 0 Å². The van der Waals surface area contributed by atoms with Crippen molar-refractivity contribution >= 4 is 23.2 Å². The number of allylic oxidation sites excluding steroid dienone is 1. The fourth-order valence-corrected chi connectivity index (χ4v) is 1.92. The summed E-state index contributed by atoms with van der Waals surface area (Å²) in [4.78, 5) is 36.6. The highest BCUT2D eigenvalue weighted by Crippen LogP contribution is 2.21. The normalized spacial score (nSPS) is 11.5. The van der Waals surface area contributed by atoms with E-state index >= 15 is 0 Å².